The molecule has 1 aliphatic heterocycles. The third kappa shape index (κ3) is 7.43. The minimum atomic E-state index is -0.191. The molecule has 1 saturated heterocycles. The first-order valence-corrected chi connectivity index (χ1v) is 13.4. The minimum Gasteiger partial charge on any atom is -0.491 e. The van der Waals surface area contributed by atoms with Gasteiger partial charge in [0.1, 0.15) is 12.4 Å². The third-order valence-corrected chi connectivity index (χ3v) is 7.38. The zero-order chi connectivity index (χ0) is 26.2. The molecule has 1 N–H and O–H groups in total. The van der Waals surface area contributed by atoms with E-state index in [2.05, 4.69) is 28.4 Å². The van der Waals surface area contributed by atoms with Crippen molar-refractivity contribution in [1.29, 1.82) is 0 Å². The van der Waals surface area contributed by atoms with Gasteiger partial charge in [-0.3, -0.25) is 9.59 Å². The van der Waals surface area contributed by atoms with Gasteiger partial charge in [-0.15, -0.1) is 0 Å². The van der Waals surface area contributed by atoms with Gasteiger partial charge in [0.05, 0.1) is 12.5 Å². The molecule has 0 radical (unpaired) electrons. The quantitative estimate of drug-likeness (QED) is 0.417. The summed E-state index contributed by atoms with van der Waals surface area (Å²) in [4.78, 5) is 28.4. The summed E-state index contributed by atoms with van der Waals surface area (Å²) < 4.78 is 17.9. The van der Waals surface area contributed by atoms with E-state index >= 15 is 0 Å². The van der Waals surface area contributed by atoms with Crippen molar-refractivity contribution < 1.29 is 19.0 Å². The average molecular weight is 512 g/mol. The largest absolute Gasteiger partial charge is 0.491 e. The number of rotatable bonds is 13. The summed E-state index contributed by atoms with van der Waals surface area (Å²) in [6, 6.07) is 10.3. The molecule has 202 valence electrons. The highest BCUT2D eigenvalue weighted by atomic mass is 16.5. The molecule has 1 amide bonds. The van der Waals surface area contributed by atoms with Gasteiger partial charge in [-0.2, -0.15) is 0 Å². The number of ether oxygens (including phenoxy) is 3. The molecule has 37 heavy (non-hydrogen) atoms. The van der Waals surface area contributed by atoms with E-state index in [1.54, 1.807) is 38.1 Å². The summed E-state index contributed by atoms with van der Waals surface area (Å²) in [5, 5.41) is 3.42. The Hall–Kier alpha value is -2.68. The summed E-state index contributed by atoms with van der Waals surface area (Å²) in [5.41, 5.74) is 3.19. The van der Waals surface area contributed by atoms with E-state index in [0.29, 0.717) is 32.9 Å². The summed E-state index contributed by atoms with van der Waals surface area (Å²) in [7, 11) is 5.13. The Balaban J connectivity index is 1.55. The van der Waals surface area contributed by atoms with Crippen molar-refractivity contribution in [3.63, 3.8) is 0 Å². The number of hydrogen-bond acceptors (Lipinski definition) is 6. The predicted octanol–water partition coefficient (Wildman–Crippen LogP) is 2.87. The molecule has 2 heterocycles. The van der Waals surface area contributed by atoms with E-state index in [-0.39, 0.29) is 29.3 Å². The van der Waals surface area contributed by atoms with Crippen LogP contribution >= 0.6 is 0 Å². The molecule has 8 heteroatoms. The second-order valence-electron chi connectivity index (χ2n) is 10.2. The fourth-order valence-corrected chi connectivity index (χ4v) is 5.21. The molecule has 8 nitrogen and oxygen atoms in total. The van der Waals surface area contributed by atoms with Crippen LogP contribution in [0.15, 0.2) is 41.3 Å². The van der Waals surface area contributed by atoms with Gasteiger partial charge in [0.25, 0.3) is 5.56 Å². The van der Waals surface area contributed by atoms with Crippen molar-refractivity contribution in [2.75, 3.05) is 47.1 Å². The van der Waals surface area contributed by atoms with Gasteiger partial charge in [0.2, 0.25) is 5.91 Å². The summed E-state index contributed by atoms with van der Waals surface area (Å²) in [6.45, 7) is 3.74. The Labute approximate surface area is 219 Å². The zero-order valence-electron chi connectivity index (χ0n) is 22.4. The Kier molecular flexibility index (Phi) is 9.77. The van der Waals surface area contributed by atoms with Gasteiger partial charge in [0.15, 0.2) is 0 Å². The number of pyridine rings is 1. The number of nitrogens with zero attached hydrogens (tertiary/aromatic N) is 2. The lowest BCUT2D eigenvalue weighted by molar-refractivity contribution is -0.138. The first-order valence-electron chi connectivity index (χ1n) is 13.4. The monoisotopic (exact) mass is 511 g/mol. The van der Waals surface area contributed by atoms with E-state index < -0.39 is 0 Å². The Bertz CT molecular complexity index is 1070. The average Bonchev–Trinajstić information content (AvgIpc) is 3.74. The molecule has 1 saturated carbocycles. The lowest BCUT2D eigenvalue weighted by Gasteiger charge is -2.36. The normalized spacial score (nSPS) is 19.5. The SMILES string of the molecule is COCCCc1cc(CN(C(=O)[C@H]2CNCC[C@@H]2c2ccn(C)c(=O)c2)C2CC2)cc(OCCOC)c1. The topological polar surface area (TPSA) is 82.0 Å². The van der Waals surface area contributed by atoms with Crippen LogP contribution in [-0.2, 0) is 34.3 Å². The molecular formula is C29H41N3O5. The molecule has 0 spiro atoms. The number of carbonyl (C=O) groups excluding carboxylic acids is 1. The van der Waals surface area contributed by atoms with Crippen LogP contribution in [0.25, 0.3) is 0 Å². The fourth-order valence-electron chi connectivity index (χ4n) is 5.21. The van der Waals surface area contributed by atoms with Crippen molar-refractivity contribution in [3.8, 4) is 5.75 Å². The van der Waals surface area contributed by atoms with E-state index in [1.807, 2.05) is 6.07 Å². The van der Waals surface area contributed by atoms with Gasteiger partial charge in [-0.05, 0) is 79.5 Å². The standard InChI is InChI=1S/C29H41N3O5/c1-31-11-9-23(18-28(31)33)26-8-10-30-19-27(26)29(34)32(24-6-7-24)20-22-15-21(5-4-12-35-2)16-25(17-22)37-14-13-36-3/h9,11,15-18,24,26-27,30H,4-8,10,12-14,19-20H2,1-3H3/t26-,27+/m1/s1. The number of methoxy groups -OCH3 is 2. The predicted molar refractivity (Wildman–Crippen MR) is 143 cm³/mol. The molecule has 2 aliphatic rings. The first kappa shape index (κ1) is 27.4. The highest BCUT2D eigenvalue weighted by Crippen LogP contribution is 2.36. The Morgan fingerprint density at radius 3 is 2.57 bits per heavy atom. The van der Waals surface area contributed by atoms with E-state index in [9.17, 15) is 9.59 Å². The number of aryl methyl sites for hydroxylation is 2. The number of amides is 1. The van der Waals surface area contributed by atoms with Crippen molar-refractivity contribution >= 4 is 5.91 Å². The van der Waals surface area contributed by atoms with Crippen LogP contribution in [0, 0.1) is 5.92 Å². The minimum absolute atomic E-state index is 0.0347. The van der Waals surface area contributed by atoms with E-state index in [0.717, 1.165) is 55.5 Å². The smallest absolute Gasteiger partial charge is 0.250 e. The van der Waals surface area contributed by atoms with Crippen molar-refractivity contribution in [2.24, 2.45) is 13.0 Å². The number of aromatic nitrogens is 1. The number of hydrogen-bond donors (Lipinski definition) is 1. The molecule has 2 atom stereocenters. The molecule has 1 aliphatic carbocycles. The van der Waals surface area contributed by atoms with E-state index in [4.69, 9.17) is 14.2 Å². The van der Waals surface area contributed by atoms with Crippen LogP contribution in [0.2, 0.25) is 0 Å². The maximum atomic E-state index is 14.0. The summed E-state index contributed by atoms with van der Waals surface area (Å²) >= 11 is 0. The third-order valence-electron chi connectivity index (χ3n) is 7.38. The van der Waals surface area contributed by atoms with Crippen molar-refractivity contribution in [1.82, 2.24) is 14.8 Å². The highest BCUT2D eigenvalue weighted by Gasteiger charge is 2.40. The van der Waals surface area contributed by atoms with Gasteiger partial charge < -0.3 is 29.0 Å². The number of piperidine rings is 1. The van der Waals surface area contributed by atoms with E-state index in [1.165, 1.54) is 5.56 Å². The Morgan fingerprint density at radius 2 is 1.84 bits per heavy atom. The second-order valence-corrected chi connectivity index (χ2v) is 10.2. The van der Waals surface area contributed by atoms with Crippen molar-refractivity contribution in [2.45, 2.75) is 50.6 Å². The van der Waals surface area contributed by atoms with Gasteiger partial charge in [-0.1, -0.05) is 6.07 Å². The van der Waals surface area contributed by atoms with Crippen LogP contribution in [0.1, 0.15) is 48.3 Å². The van der Waals surface area contributed by atoms with Gasteiger partial charge in [-0.25, -0.2) is 0 Å². The van der Waals surface area contributed by atoms with Crippen LogP contribution < -0.4 is 15.6 Å². The molecule has 2 fully saturated rings. The molecular weight excluding hydrogens is 470 g/mol. The maximum absolute atomic E-state index is 14.0. The molecule has 0 bridgehead atoms. The molecule has 2 aromatic rings. The molecule has 1 aromatic carbocycles. The molecule has 4 rings (SSSR count). The zero-order valence-corrected chi connectivity index (χ0v) is 22.4. The number of carbonyl (C=O) groups is 1. The van der Waals surface area contributed by atoms with Gasteiger partial charge >= 0.3 is 0 Å². The van der Waals surface area contributed by atoms with Crippen molar-refractivity contribution in [3.05, 3.63) is 63.6 Å². The lowest BCUT2D eigenvalue weighted by Crippen LogP contribution is -2.47. The second kappa shape index (κ2) is 13.2. The Morgan fingerprint density at radius 1 is 1.05 bits per heavy atom. The molecule has 1 aromatic heterocycles. The van der Waals surface area contributed by atoms with Crippen LogP contribution in [0.4, 0.5) is 0 Å². The summed E-state index contributed by atoms with van der Waals surface area (Å²) in [5.74, 6) is 0.829. The number of benzene rings is 1. The summed E-state index contributed by atoms with van der Waals surface area (Å²) in [6.07, 6.45) is 6.53. The number of nitrogens with one attached hydrogen (secondary N) is 1. The molecule has 0 unspecified atom stereocenters. The van der Waals surface area contributed by atoms with Crippen LogP contribution in [0.3, 0.4) is 0 Å². The maximum Gasteiger partial charge on any atom is 0.250 e. The van der Waals surface area contributed by atoms with Crippen LogP contribution in [-0.4, -0.2) is 68.5 Å². The first-order chi connectivity index (χ1) is 18.0. The lowest BCUT2D eigenvalue weighted by atomic mass is 9.80. The van der Waals surface area contributed by atoms with Gasteiger partial charge in [0, 0.05) is 59.3 Å². The van der Waals surface area contributed by atoms with Crippen LogP contribution in [0.5, 0.6) is 5.75 Å². The highest BCUT2D eigenvalue weighted by molar-refractivity contribution is 5.81. The fraction of sp³-hybridized carbons (Fsp3) is 0.586.